The number of anilines is 2. The van der Waals surface area contributed by atoms with Gasteiger partial charge in [0, 0.05) is 49.5 Å². The lowest BCUT2D eigenvalue weighted by Crippen LogP contribution is -2.45. The minimum atomic E-state index is -0.378. The van der Waals surface area contributed by atoms with Crippen molar-refractivity contribution in [3.8, 4) is 11.4 Å². The van der Waals surface area contributed by atoms with Gasteiger partial charge in [0.25, 0.3) is 0 Å². The predicted octanol–water partition coefficient (Wildman–Crippen LogP) is 2.25. The first-order chi connectivity index (χ1) is 15.9. The zero-order valence-corrected chi connectivity index (χ0v) is 19.7. The van der Waals surface area contributed by atoms with Crippen LogP contribution in [-0.2, 0) is 17.7 Å². The molecular formula is C24H34N6O3. The normalized spacial score (nSPS) is 19.6. The molecule has 2 aliphatic heterocycles. The third kappa shape index (κ3) is 5.61. The van der Waals surface area contributed by atoms with E-state index in [0.29, 0.717) is 44.4 Å². The molecule has 178 valence electrons. The average Bonchev–Trinajstić information content (AvgIpc) is 2.79. The average molecular weight is 455 g/mol. The number of hydrogen-bond donors (Lipinski definition) is 3. The Morgan fingerprint density at radius 1 is 1.27 bits per heavy atom. The number of morpholine rings is 1. The third-order valence-electron chi connectivity index (χ3n) is 6.02. The second kappa shape index (κ2) is 10.5. The van der Waals surface area contributed by atoms with Gasteiger partial charge in [-0.3, -0.25) is 4.90 Å². The zero-order chi connectivity index (χ0) is 23.4. The maximum atomic E-state index is 11.8. The molecule has 0 aliphatic carbocycles. The summed E-state index contributed by atoms with van der Waals surface area (Å²) in [7, 11) is 0. The van der Waals surface area contributed by atoms with Crippen LogP contribution in [0, 0.1) is 0 Å². The molecule has 0 bridgehead atoms. The summed E-state index contributed by atoms with van der Waals surface area (Å²) in [4.78, 5) is 26.4. The second-order valence-electron chi connectivity index (χ2n) is 8.81. The minimum absolute atomic E-state index is 0.225. The fraction of sp³-hybridized carbons (Fsp3) is 0.542. The van der Waals surface area contributed by atoms with Gasteiger partial charge in [-0.2, -0.15) is 0 Å². The number of aromatic nitrogens is 2. The Morgan fingerprint density at radius 2 is 2.06 bits per heavy atom. The minimum Gasteiger partial charge on any atom is -0.392 e. The van der Waals surface area contributed by atoms with Crippen LogP contribution in [0.2, 0.25) is 0 Å². The molecule has 4 rings (SSSR count). The van der Waals surface area contributed by atoms with E-state index in [0.717, 1.165) is 36.6 Å². The first-order valence-electron chi connectivity index (χ1n) is 11.7. The molecule has 2 amide bonds. The number of aliphatic hydroxyl groups excluding tert-OH is 1. The molecule has 9 heteroatoms. The number of urea groups is 1. The van der Waals surface area contributed by atoms with Gasteiger partial charge in [0.1, 0.15) is 5.82 Å². The van der Waals surface area contributed by atoms with Crippen molar-refractivity contribution in [2.45, 2.75) is 45.9 Å². The van der Waals surface area contributed by atoms with Gasteiger partial charge < -0.3 is 25.4 Å². The SMILES string of the molecule is CCNC(=O)Nc1ccc(-c2nc3c(c(N4CCOC[C@@H]4C)n2)CCN(C[C@H](C)O)C3)cc1. The van der Waals surface area contributed by atoms with E-state index in [-0.39, 0.29) is 18.2 Å². The Balaban J connectivity index is 1.66. The van der Waals surface area contributed by atoms with Crippen molar-refractivity contribution in [3.63, 3.8) is 0 Å². The van der Waals surface area contributed by atoms with Gasteiger partial charge in [-0.1, -0.05) is 0 Å². The van der Waals surface area contributed by atoms with Crippen molar-refractivity contribution in [3.05, 3.63) is 35.5 Å². The van der Waals surface area contributed by atoms with Crippen LogP contribution < -0.4 is 15.5 Å². The molecule has 3 heterocycles. The summed E-state index contributed by atoms with van der Waals surface area (Å²) in [6.07, 6.45) is 0.480. The largest absolute Gasteiger partial charge is 0.392 e. The molecule has 0 spiro atoms. The van der Waals surface area contributed by atoms with Gasteiger partial charge in [-0.25, -0.2) is 14.8 Å². The predicted molar refractivity (Wildman–Crippen MR) is 128 cm³/mol. The van der Waals surface area contributed by atoms with E-state index in [1.807, 2.05) is 38.1 Å². The van der Waals surface area contributed by atoms with Crippen LogP contribution in [0.5, 0.6) is 0 Å². The van der Waals surface area contributed by atoms with E-state index in [1.54, 1.807) is 0 Å². The number of ether oxygens (including phenoxy) is 1. The lowest BCUT2D eigenvalue weighted by molar-refractivity contribution is 0.0980. The van der Waals surface area contributed by atoms with Crippen LogP contribution in [-0.4, -0.2) is 77.5 Å². The van der Waals surface area contributed by atoms with Gasteiger partial charge in [0.15, 0.2) is 5.82 Å². The first-order valence-corrected chi connectivity index (χ1v) is 11.7. The monoisotopic (exact) mass is 454 g/mol. The Bertz CT molecular complexity index is 965. The van der Waals surface area contributed by atoms with E-state index in [4.69, 9.17) is 14.7 Å². The molecule has 1 aromatic heterocycles. The van der Waals surface area contributed by atoms with Crippen molar-refractivity contribution in [1.82, 2.24) is 20.2 Å². The molecule has 0 saturated carbocycles. The van der Waals surface area contributed by atoms with Crippen molar-refractivity contribution in [2.75, 3.05) is 49.6 Å². The maximum Gasteiger partial charge on any atom is 0.319 e. The van der Waals surface area contributed by atoms with Crippen molar-refractivity contribution >= 4 is 17.5 Å². The molecule has 1 saturated heterocycles. The van der Waals surface area contributed by atoms with Crippen LogP contribution in [0.15, 0.2) is 24.3 Å². The van der Waals surface area contributed by atoms with Crippen molar-refractivity contribution in [2.24, 2.45) is 0 Å². The van der Waals surface area contributed by atoms with E-state index >= 15 is 0 Å². The van der Waals surface area contributed by atoms with Crippen molar-refractivity contribution in [1.29, 1.82) is 0 Å². The third-order valence-corrected chi connectivity index (χ3v) is 6.02. The molecule has 1 fully saturated rings. The summed E-state index contributed by atoms with van der Waals surface area (Å²) in [6, 6.07) is 7.62. The summed E-state index contributed by atoms with van der Waals surface area (Å²) in [5, 5.41) is 15.4. The number of rotatable bonds is 6. The lowest BCUT2D eigenvalue weighted by Gasteiger charge is -2.38. The number of nitrogens with one attached hydrogen (secondary N) is 2. The molecule has 0 unspecified atom stereocenters. The van der Waals surface area contributed by atoms with E-state index in [9.17, 15) is 9.90 Å². The number of amides is 2. The Hall–Kier alpha value is -2.75. The number of benzene rings is 1. The summed E-state index contributed by atoms with van der Waals surface area (Å²) in [5.41, 5.74) is 3.83. The maximum absolute atomic E-state index is 11.8. The highest BCUT2D eigenvalue weighted by Gasteiger charge is 2.29. The number of hydrogen-bond acceptors (Lipinski definition) is 7. The molecule has 33 heavy (non-hydrogen) atoms. The zero-order valence-electron chi connectivity index (χ0n) is 19.7. The van der Waals surface area contributed by atoms with Crippen LogP contribution in [0.4, 0.5) is 16.3 Å². The van der Waals surface area contributed by atoms with Gasteiger partial charge in [-0.05, 0) is 51.5 Å². The summed E-state index contributed by atoms with van der Waals surface area (Å²) >= 11 is 0. The van der Waals surface area contributed by atoms with E-state index in [1.165, 1.54) is 5.56 Å². The summed E-state index contributed by atoms with van der Waals surface area (Å²) < 4.78 is 5.65. The van der Waals surface area contributed by atoms with Gasteiger partial charge in [-0.15, -0.1) is 0 Å². The Morgan fingerprint density at radius 3 is 2.76 bits per heavy atom. The van der Waals surface area contributed by atoms with Crippen LogP contribution in [0.1, 0.15) is 32.0 Å². The molecular weight excluding hydrogens is 420 g/mol. The number of carbonyl (C=O) groups is 1. The summed E-state index contributed by atoms with van der Waals surface area (Å²) in [5.74, 6) is 1.66. The fourth-order valence-corrected chi connectivity index (χ4v) is 4.44. The van der Waals surface area contributed by atoms with Crippen LogP contribution in [0.25, 0.3) is 11.4 Å². The highest BCUT2D eigenvalue weighted by Crippen LogP contribution is 2.31. The van der Waals surface area contributed by atoms with Crippen LogP contribution >= 0.6 is 0 Å². The first kappa shape index (κ1) is 23.4. The highest BCUT2D eigenvalue weighted by atomic mass is 16.5. The smallest absolute Gasteiger partial charge is 0.319 e. The molecule has 2 aliphatic rings. The quantitative estimate of drug-likeness (QED) is 0.615. The fourth-order valence-electron chi connectivity index (χ4n) is 4.44. The number of nitrogens with zero attached hydrogens (tertiary/aromatic N) is 4. The molecule has 3 N–H and O–H groups in total. The number of aliphatic hydroxyl groups is 1. The van der Waals surface area contributed by atoms with Gasteiger partial charge in [0.05, 0.1) is 31.1 Å². The van der Waals surface area contributed by atoms with Gasteiger partial charge >= 0.3 is 6.03 Å². The Kier molecular flexibility index (Phi) is 7.42. The van der Waals surface area contributed by atoms with Crippen LogP contribution in [0.3, 0.4) is 0 Å². The standard InChI is InChI=1S/C24H34N6O3/c1-4-25-24(32)26-19-7-5-18(6-8-19)22-27-21-14-29(13-17(3)31)10-9-20(21)23(28-22)30-11-12-33-15-16(30)2/h5-8,16-17,31H,4,9-15H2,1-3H3,(H2,25,26,32)/t16-,17-/m0/s1. The second-order valence-corrected chi connectivity index (χ2v) is 8.81. The Labute approximate surface area is 195 Å². The van der Waals surface area contributed by atoms with E-state index in [2.05, 4.69) is 27.4 Å². The number of carbonyl (C=O) groups excluding carboxylic acids is 1. The number of fused-ring (bicyclic) bond motifs is 1. The van der Waals surface area contributed by atoms with Gasteiger partial charge in [0.2, 0.25) is 0 Å². The molecule has 1 aromatic carbocycles. The lowest BCUT2D eigenvalue weighted by atomic mass is 10.0. The molecule has 2 aromatic rings. The highest BCUT2D eigenvalue weighted by molar-refractivity contribution is 5.89. The molecule has 9 nitrogen and oxygen atoms in total. The molecule has 0 radical (unpaired) electrons. The molecule has 2 atom stereocenters. The van der Waals surface area contributed by atoms with Crippen molar-refractivity contribution < 1.29 is 14.6 Å². The van der Waals surface area contributed by atoms with E-state index < -0.39 is 0 Å². The number of β-amino-alcohol motifs (C(OH)–C–C–N with tert-alkyl or cyclic N) is 1. The topological polar surface area (TPSA) is 103 Å². The summed E-state index contributed by atoms with van der Waals surface area (Å²) in [6.45, 7) is 10.8.